The Bertz CT molecular complexity index is 2410. The first-order chi connectivity index (χ1) is 28.4. The van der Waals surface area contributed by atoms with Gasteiger partial charge in [0.25, 0.3) is 0 Å². The van der Waals surface area contributed by atoms with Gasteiger partial charge < -0.3 is 44.8 Å². The molecule has 17 heteroatoms. The number of fused-ring (bicyclic) bond motifs is 2. The summed E-state index contributed by atoms with van der Waals surface area (Å²) in [5, 5.41) is 44.6. The molecule has 2 aliphatic carbocycles. The standard InChI is InChI=1S/C22H25N5O3.C20H25N5O4/c1-4-16-13(2)17(10-18(16)29)27-12-23-19-20(27)25-22(24-14(3)28)26-21(19)30-11-15-8-6-5-7-9-15;1-2-13-14(27)8-15(20(13,28)10-26)25-11-22-16-17(25)23-19(21)24-18(16)29-9-12-6-4-3-5-7-12/h5-9,12,16-18,29H,2,4,10-11H2,1,3H3,(H,24,25,26,28);3-7,11,13-15,26-28H,2,8-10H2,1H3,(H2,21,23,24)/t16-,17-,18-;13-,14+,15+,20+/m01/s1. The van der Waals surface area contributed by atoms with Crippen LogP contribution in [0.3, 0.4) is 0 Å². The van der Waals surface area contributed by atoms with Crippen molar-refractivity contribution in [2.45, 2.75) is 89.6 Å². The SMILES string of the molecule is C=C1[C@H](CC)[C@@H](O)C[C@@H]1n1cnc2c(OCc3ccccc3)nc(NC(C)=O)nc21.CC[C@@H]1[C@@H](O)C[C@H](n2cnc3c(OCc4ccccc4)nc(N)nc32)[C@]1(O)CO. The summed E-state index contributed by atoms with van der Waals surface area (Å²) in [7, 11) is 0. The third kappa shape index (κ3) is 8.32. The Kier molecular flexibility index (Phi) is 12.2. The van der Waals surface area contributed by atoms with Gasteiger partial charge >= 0.3 is 0 Å². The number of benzene rings is 2. The number of aliphatic hydroxyl groups is 4. The maximum Gasteiger partial charge on any atom is 0.247 e. The lowest BCUT2D eigenvalue weighted by atomic mass is 9.86. The second-order valence-electron chi connectivity index (χ2n) is 15.0. The Morgan fingerprint density at radius 3 is 1.97 bits per heavy atom. The average molecular weight is 807 g/mol. The Balaban J connectivity index is 0.000000179. The van der Waals surface area contributed by atoms with E-state index in [-0.39, 0.29) is 42.1 Å². The van der Waals surface area contributed by atoms with Gasteiger partial charge in [0, 0.05) is 18.8 Å². The number of imidazole rings is 2. The van der Waals surface area contributed by atoms with Crippen LogP contribution < -0.4 is 20.5 Å². The van der Waals surface area contributed by atoms with Gasteiger partial charge in [-0.25, -0.2) is 9.97 Å². The van der Waals surface area contributed by atoms with Gasteiger partial charge in [-0.15, -0.1) is 0 Å². The number of hydrogen-bond donors (Lipinski definition) is 6. The van der Waals surface area contributed by atoms with Crippen LogP contribution in [0.2, 0.25) is 0 Å². The molecule has 4 heterocycles. The van der Waals surface area contributed by atoms with Crippen LogP contribution in [0.5, 0.6) is 11.8 Å². The molecule has 2 fully saturated rings. The summed E-state index contributed by atoms with van der Waals surface area (Å²) >= 11 is 0. The van der Waals surface area contributed by atoms with Crippen LogP contribution in [0, 0.1) is 11.8 Å². The maximum absolute atomic E-state index is 11.6. The minimum Gasteiger partial charge on any atom is -0.471 e. The summed E-state index contributed by atoms with van der Waals surface area (Å²) < 4.78 is 15.3. The summed E-state index contributed by atoms with van der Waals surface area (Å²) in [6.07, 6.45) is 4.16. The van der Waals surface area contributed by atoms with Crippen molar-refractivity contribution >= 4 is 40.1 Å². The zero-order valence-electron chi connectivity index (χ0n) is 33.2. The number of nitrogens with one attached hydrogen (secondary N) is 1. The highest BCUT2D eigenvalue weighted by molar-refractivity contribution is 5.88. The van der Waals surface area contributed by atoms with Crippen LogP contribution in [0.15, 0.2) is 85.5 Å². The van der Waals surface area contributed by atoms with Crippen molar-refractivity contribution in [2.24, 2.45) is 11.8 Å². The van der Waals surface area contributed by atoms with E-state index in [0.29, 0.717) is 54.3 Å². The van der Waals surface area contributed by atoms with Crippen molar-refractivity contribution in [3.05, 3.63) is 96.6 Å². The number of anilines is 2. The second-order valence-corrected chi connectivity index (χ2v) is 15.0. The van der Waals surface area contributed by atoms with Gasteiger partial charge in [-0.1, -0.05) is 81.1 Å². The monoisotopic (exact) mass is 806 g/mol. The van der Waals surface area contributed by atoms with Crippen molar-refractivity contribution < 1.29 is 34.7 Å². The Morgan fingerprint density at radius 1 is 0.847 bits per heavy atom. The minimum absolute atomic E-state index is 0.0143. The third-order valence-corrected chi connectivity index (χ3v) is 11.3. The Labute approximate surface area is 340 Å². The van der Waals surface area contributed by atoms with Gasteiger partial charge in [-0.2, -0.15) is 19.9 Å². The van der Waals surface area contributed by atoms with E-state index in [4.69, 9.17) is 15.2 Å². The molecule has 59 heavy (non-hydrogen) atoms. The van der Waals surface area contributed by atoms with Gasteiger partial charge in [0.1, 0.15) is 18.8 Å². The molecule has 8 rings (SSSR count). The largest absolute Gasteiger partial charge is 0.471 e. The van der Waals surface area contributed by atoms with E-state index in [9.17, 15) is 25.2 Å². The van der Waals surface area contributed by atoms with E-state index in [2.05, 4.69) is 41.8 Å². The van der Waals surface area contributed by atoms with Crippen LogP contribution in [-0.2, 0) is 18.0 Å². The topological polar surface area (TPSA) is 242 Å². The highest BCUT2D eigenvalue weighted by Gasteiger charge is 2.54. The van der Waals surface area contributed by atoms with Gasteiger partial charge in [0.15, 0.2) is 22.3 Å². The maximum atomic E-state index is 11.6. The first-order valence-corrected chi connectivity index (χ1v) is 19.7. The Morgan fingerprint density at radius 2 is 1.42 bits per heavy atom. The van der Waals surface area contributed by atoms with Crippen molar-refractivity contribution in [3.8, 4) is 11.8 Å². The van der Waals surface area contributed by atoms with Gasteiger partial charge in [0.05, 0.1) is 43.6 Å². The summed E-state index contributed by atoms with van der Waals surface area (Å²) in [5.41, 5.74) is 9.15. The minimum atomic E-state index is -1.49. The van der Waals surface area contributed by atoms with E-state index in [0.717, 1.165) is 23.1 Å². The number of nitrogens with two attached hydrogens (primary N) is 1. The molecule has 0 spiro atoms. The molecule has 7 N–H and O–H groups in total. The van der Waals surface area contributed by atoms with E-state index < -0.39 is 36.4 Å². The van der Waals surface area contributed by atoms with E-state index in [1.54, 1.807) is 10.9 Å². The third-order valence-electron chi connectivity index (χ3n) is 11.3. The molecule has 6 aromatic rings. The van der Waals surface area contributed by atoms with Gasteiger partial charge in [-0.3, -0.25) is 10.1 Å². The summed E-state index contributed by atoms with van der Waals surface area (Å²) in [5.74, 6) is 0.00855. The lowest BCUT2D eigenvalue weighted by Crippen LogP contribution is -2.45. The summed E-state index contributed by atoms with van der Waals surface area (Å²) in [4.78, 5) is 37.8. The molecular weight excluding hydrogens is 757 g/mol. The lowest BCUT2D eigenvalue weighted by Gasteiger charge is -2.34. The number of ether oxygens (including phenoxy) is 2. The molecule has 0 aliphatic heterocycles. The molecule has 0 saturated heterocycles. The molecule has 4 aromatic heterocycles. The van der Waals surface area contributed by atoms with E-state index in [1.165, 1.54) is 13.3 Å². The second kappa shape index (κ2) is 17.5. The number of hydrogen-bond acceptors (Lipinski definition) is 14. The molecule has 0 unspecified atom stereocenters. The molecular formula is C42H50N10O7. The van der Waals surface area contributed by atoms with Crippen LogP contribution in [0.25, 0.3) is 22.3 Å². The number of rotatable bonds is 12. The molecule has 2 aliphatic rings. The number of aromatic nitrogens is 8. The Hall–Kier alpha value is -6.01. The number of carbonyl (C=O) groups is 1. The number of aliphatic hydroxyl groups excluding tert-OH is 3. The number of amides is 1. The van der Waals surface area contributed by atoms with Crippen LogP contribution in [-0.4, -0.2) is 89.8 Å². The smallest absolute Gasteiger partial charge is 0.247 e. The van der Waals surface area contributed by atoms with Gasteiger partial charge in [-0.05, 0) is 42.4 Å². The number of carbonyl (C=O) groups excluding carboxylic acids is 1. The van der Waals surface area contributed by atoms with Crippen molar-refractivity contribution in [1.82, 2.24) is 39.0 Å². The normalized spacial score (nSPS) is 23.9. The first kappa shape index (κ1) is 41.2. The lowest BCUT2D eigenvalue weighted by molar-refractivity contribution is -0.114. The summed E-state index contributed by atoms with van der Waals surface area (Å²) in [6.45, 7) is 9.65. The van der Waals surface area contributed by atoms with Crippen LogP contribution in [0.4, 0.5) is 11.9 Å². The zero-order valence-corrected chi connectivity index (χ0v) is 33.2. The molecule has 17 nitrogen and oxygen atoms in total. The highest BCUT2D eigenvalue weighted by atomic mass is 16.5. The fraction of sp³-hybridized carbons (Fsp3) is 0.405. The fourth-order valence-corrected chi connectivity index (χ4v) is 8.37. The van der Waals surface area contributed by atoms with Crippen molar-refractivity contribution in [1.29, 1.82) is 0 Å². The molecule has 0 bridgehead atoms. The van der Waals surface area contributed by atoms with Crippen LogP contribution in [0.1, 0.15) is 69.7 Å². The zero-order chi connectivity index (χ0) is 41.8. The molecule has 2 aromatic carbocycles. The first-order valence-electron chi connectivity index (χ1n) is 19.7. The number of nitrogens with zero attached hydrogens (tertiary/aromatic N) is 8. The molecule has 0 radical (unpaired) electrons. The predicted octanol–water partition coefficient (Wildman–Crippen LogP) is 4.29. The quantitative estimate of drug-likeness (QED) is 0.0946. The predicted molar refractivity (Wildman–Crippen MR) is 219 cm³/mol. The average Bonchev–Trinajstić information content (AvgIpc) is 3.98. The van der Waals surface area contributed by atoms with E-state index >= 15 is 0 Å². The van der Waals surface area contributed by atoms with Gasteiger partial charge in [0.2, 0.25) is 29.6 Å². The summed E-state index contributed by atoms with van der Waals surface area (Å²) in [6, 6.07) is 18.6. The highest BCUT2D eigenvalue weighted by Crippen LogP contribution is 2.47. The fourth-order valence-electron chi connectivity index (χ4n) is 8.37. The molecule has 1 amide bonds. The molecule has 310 valence electrons. The van der Waals surface area contributed by atoms with Crippen molar-refractivity contribution in [3.63, 3.8) is 0 Å². The van der Waals surface area contributed by atoms with Crippen LogP contribution >= 0.6 is 0 Å². The van der Waals surface area contributed by atoms with Crippen molar-refractivity contribution in [2.75, 3.05) is 17.7 Å². The molecule has 7 atom stereocenters. The van der Waals surface area contributed by atoms with E-state index in [1.807, 2.05) is 79.1 Å². The molecule has 2 saturated carbocycles. The number of nitrogen functional groups attached to an aromatic ring is 1.